The van der Waals surface area contributed by atoms with Gasteiger partial charge in [-0.05, 0) is 62.0 Å². The molecule has 3 saturated heterocycles. The van der Waals surface area contributed by atoms with Gasteiger partial charge in [-0.2, -0.15) is 0 Å². The molecule has 4 aliphatic heterocycles. The van der Waals surface area contributed by atoms with E-state index in [-0.39, 0.29) is 18.2 Å². The molecular weight excluding hydrogens is 352 g/mol. The number of carbonyl (C=O) groups excluding carboxylic acids is 1. The van der Waals surface area contributed by atoms with E-state index in [0.717, 1.165) is 50.1 Å². The molecule has 1 aromatic heterocycles. The van der Waals surface area contributed by atoms with Crippen LogP contribution in [0.15, 0.2) is 47.1 Å². The van der Waals surface area contributed by atoms with Crippen LogP contribution in [0, 0.1) is 5.92 Å². The Bertz CT molecular complexity index is 826. The Labute approximate surface area is 166 Å². The van der Waals surface area contributed by atoms with Crippen molar-refractivity contribution in [3.05, 3.63) is 59.5 Å². The second-order valence-electron chi connectivity index (χ2n) is 8.26. The highest BCUT2D eigenvalue weighted by Crippen LogP contribution is 2.39. The lowest BCUT2D eigenvalue weighted by Gasteiger charge is -2.50. The van der Waals surface area contributed by atoms with E-state index in [2.05, 4.69) is 30.0 Å². The smallest absolute Gasteiger partial charge is 0.411 e. The van der Waals surface area contributed by atoms with Crippen molar-refractivity contribution in [1.29, 1.82) is 0 Å². The highest BCUT2D eigenvalue weighted by Gasteiger charge is 2.45. The van der Waals surface area contributed by atoms with E-state index in [1.807, 2.05) is 23.1 Å². The fraction of sp³-hybridized carbons (Fsp3) is 0.522. The van der Waals surface area contributed by atoms with Crippen LogP contribution in [-0.4, -0.2) is 47.7 Å². The molecule has 4 aliphatic rings. The summed E-state index contributed by atoms with van der Waals surface area (Å²) in [7, 11) is 0. The monoisotopic (exact) mass is 380 g/mol. The number of nitrogens with zero attached hydrogens (tertiary/aromatic N) is 2. The predicted octanol–water partition coefficient (Wildman–Crippen LogP) is 4.24. The van der Waals surface area contributed by atoms with Crippen molar-refractivity contribution in [3.8, 4) is 0 Å². The summed E-state index contributed by atoms with van der Waals surface area (Å²) >= 11 is 0. The Hall–Kier alpha value is -2.27. The lowest BCUT2D eigenvalue weighted by molar-refractivity contribution is -0.0876. The molecule has 5 heterocycles. The first-order valence-electron chi connectivity index (χ1n) is 10.6. The SMILES string of the molecule is CCC1C(OC(=O)N2CCc3ccccc3C2c2ccco2)C2CCN1CC2. The number of fused-ring (bicyclic) bond motifs is 4. The van der Waals surface area contributed by atoms with E-state index in [1.165, 1.54) is 5.56 Å². The minimum Gasteiger partial charge on any atom is -0.467 e. The maximum atomic E-state index is 13.4. The van der Waals surface area contributed by atoms with Gasteiger partial charge >= 0.3 is 6.09 Å². The van der Waals surface area contributed by atoms with E-state index in [0.29, 0.717) is 18.5 Å². The molecular formula is C23H28N2O3. The van der Waals surface area contributed by atoms with E-state index in [1.54, 1.807) is 6.26 Å². The van der Waals surface area contributed by atoms with Crippen molar-refractivity contribution in [1.82, 2.24) is 9.80 Å². The molecule has 0 N–H and O–H groups in total. The first-order valence-corrected chi connectivity index (χ1v) is 10.6. The Morgan fingerprint density at radius 3 is 2.71 bits per heavy atom. The molecule has 28 heavy (non-hydrogen) atoms. The van der Waals surface area contributed by atoms with Gasteiger partial charge in [0, 0.05) is 18.5 Å². The van der Waals surface area contributed by atoms with Crippen molar-refractivity contribution in [2.24, 2.45) is 5.92 Å². The van der Waals surface area contributed by atoms with Crippen molar-refractivity contribution < 1.29 is 13.9 Å². The maximum absolute atomic E-state index is 13.4. The summed E-state index contributed by atoms with van der Waals surface area (Å²) in [6.45, 7) is 5.14. The van der Waals surface area contributed by atoms with E-state index in [9.17, 15) is 4.79 Å². The quantitative estimate of drug-likeness (QED) is 0.799. The zero-order valence-corrected chi connectivity index (χ0v) is 16.4. The number of furan rings is 1. The van der Waals surface area contributed by atoms with Gasteiger partial charge in [0.25, 0.3) is 0 Å². The van der Waals surface area contributed by atoms with Gasteiger partial charge in [0.05, 0.1) is 6.26 Å². The van der Waals surface area contributed by atoms with Crippen LogP contribution in [0.25, 0.3) is 0 Å². The summed E-state index contributed by atoms with van der Waals surface area (Å²) in [6, 6.07) is 12.3. The van der Waals surface area contributed by atoms with Crippen LogP contribution in [0.2, 0.25) is 0 Å². The Kier molecular flexibility index (Phi) is 4.63. The molecule has 3 unspecified atom stereocenters. The number of benzene rings is 1. The average Bonchev–Trinajstić information content (AvgIpc) is 3.28. The fourth-order valence-corrected chi connectivity index (χ4v) is 5.47. The van der Waals surface area contributed by atoms with Crippen LogP contribution in [-0.2, 0) is 11.2 Å². The van der Waals surface area contributed by atoms with Crippen LogP contribution < -0.4 is 0 Å². The van der Waals surface area contributed by atoms with Gasteiger partial charge < -0.3 is 9.15 Å². The highest BCUT2D eigenvalue weighted by atomic mass is 16.6. The van der Waals surface area contributed by atoms with Crippen LogP contribution in [0.3, 0.4) is 0 Å². The van der Waals surface area contributed by atoms with Crippen molar-refractivity contribution in [2.75, 3.05) is 19.6 Å². The normalized spacial score (nSPS) is 31.5. The Morgan fingerprint density at radius 1 is 1.14 bits per heavy atom. The molecule has 6 rings (SSSR count). The van der Waals surface area contributed by atoms with Crippen molar-refractivity contribution in [2.45, 2.75) is 50.8 Å². The second-order valence-corrected chi connectivity index (χ2v) is 8.26. The molecule has 5 nitrogen and oxygen atoms in total. The first kappa shape index (κ1) is 17.8. The Balaban J connectivity index is 1.42. The molecule has 1 amide bonds. The second kappa shape index (κ2) is 7.28. The van der Waals surface area contributed by atoms with Crippen molar-refractivity contribution in [3.63, 3.8) is 0 Å². The standard InChI is InChI=1S/C23H28N2O3/c1-2-19-22(17-9-12-24(19)13-10-17)28-23(26)25-14-11-16-6-3-4-7-18(16)21(25)20-8-5-15-27-20/h3-8,15,17,19,21-22H,2,9-14H2,1H3. The van der Waals surface area contributed by atoms with E-state index >= 15 is 0 Å². The topological polar surface area (TPSA) is 45.9 Å². The molecule has 2 aromatic rings. The number of rotatable bonds is 3. The summed E-state index contributed by atoms with van der Waals surface area (Å²) in [6.07, 6.45) is 5.63. The van der Waals surface area contributed by atoms with Gasteiger partial charge in [0.2, 0.25) is 0 Å². The fourth-order valence-electron chi connectivity index (χ4n) is 5.47. The third-order valence-electron chi connectivity index (χ3n) is 6.87. The first-order chi connectivity index (χ1) is 13.8. The zero-order chi connectivity index (χ0) is 19.1. The van der Waals surface area contributed by atoms with Gasteiger partial charge in [-0.25, -0.2) is 4.79 Å². The predicted molar refractivity (Wildman–Crippen MR) is 106 cm³/mol. The number of ether oxygens (including phenoxy) is 1. The molecule has 0 saturated carbocycles. The summed E-state index contributed by atoms with van der Waals surface area (Å²) in [4.78, 5) is 17.7. The number of hydrogen-bond donors (Lipinski definition) is 0. The van der Waals surface area contributed by atoms with Gasteiger partial charge in [-0.3, -0.25) is 9.80 Å². The molecule has 0 spiro atoms. The molecule has 2 bridgehead atoms. The molecule has 1 aromatic carbocycles. The molecule has 148 valence electrons. The Morgan fingerprint density at radius 2 is 1.96 bits per heavy atom. The van der Waals surface area contributed by atoms with Crippen molar-refractivity contribution >= 4 is 6.09 Å². The van der Waals surface area contributed by atoms with E-state index < -0.39 is 0 Å². The van der Waals surface area contributed by atoms with Gasteiger partial charge in [-0.1, -0.05) is 31.2 Å². The molecule has 3 atom stereocenters. The summed E-state index contributed by atoms with van der Waals surface area (Å²) < 4.78 is 11.9. The third-order valence-corrected chi connectivity index (χ3v) is 6.87. The van der Waals surface area contributed by atoms with Gasteiger partial charge in [0.1, 0.15) is 17.9 Å². The lowest BCUT2D eigenvalue weighted by atomic mass is 9.79. The highest BCUT2D eigenvalue weighted by molar-refractivity contribution is 5.70. The zero-order valence-electron chi connectivity index (χ0n) is 16.4. The van der Waals surface area contributed by atoms with Crippen LogP contribution >= 0.6 is 0 Å². The summed E-state index contributed by atoms with van der Waals surface area (Å²) in [5.74, 6) is 1.29. The lowest BCUT2D eigenvalue weighted by Crippen LogP contribution is -2.59. The van der Waals surface area contributed by atoms with Crippen LogP contribution in [0.1, 0.15) is 49.1 Å². The summed E-state index contributed by atoms with van der Waals surface area (Å²) in [5, 5.41) is 0. The minimum atomic E-state index is -0.214. The van der Waals surface area contributed by atoms with Crippen LogP contribution in [0.5, 0.6) is 0 Å². The number of piperidine rings is 3. The molecule has 0 aliphatic carbocycles. The minimum absolute atomic E-state index is 0.00872. The third kappa shape index (κ3) is 2.93. The van der Waals surface area contributed by atoms with Crippen LogP contribution in [0.4, 0.5) is 4.79 Å². The van der Waals surface area contributed by atoms with Gasteiger partial charge in [-0.15, -0.1) is 0 Å². The molecule has 5 heteroatoms. The number of amides is 1. The number of hydrogen-bond acceptors (Lipinski definition) is 4. The average molecular weight is 380 g/mol. The molecule has 0 radical (unpaired) electrons. The maximum Gasteiger partial charge on any atom is 0.411 e. The van der Waals surface area contributed by atoms with Gasteiger partial charge in [0.15, 0.2) is 0 Å². The molecule has 3 fully saturated rings. The largest absolute Gasteiger partial charge is 0.467 e. The summed E-state index contributed by atoms with van der Waals surface area (Å²) in [5.41, 5.74) is 2.42. The van der Waals surface area contributed by atoms with E-state index in [4.69, 9.17) is 9.15 Å². The number of carbonyl (C=O) groups is 1.